The van der Waals surface area contributed by atoms with E-state index in [-0.39, 0.29) is 36.9 Å². The number of halogens is 3. The lowest BCUT2D eigenvalue weighted by Gasteiger charge is -2.22. The Labute approximate surface area is 151 Å². The largest absolute Gasteiger partial charge is 0.467 e. The van der Waals surface area contributed by atoms with Crippen molar-refractivity contribution in [2.45, 2.75) is 25.6 Å². The molecule has 3 aromatic heterocycles. The van der Waals surface area contributed by atoms with Crippen LogP contribution in [0.5, 0.6) is 0 Å². The minimum atomic E-state index is -4.51. The second-order valence-electron chi connectivity index (χ2n) is 5.67. The predicted octanol–water partition coefficient (Wildman–Crippen LogP) is 3.25. The van der Waals surface area contributed by atoms with Crippen LogP contribution in [0.1, 0.15) is 18.1 Å². The fourth-order valence-corrected chi connectivity index (χ4v) is 2.37. The molecular formula is C17H15F3N4O3. The Morgan fingerprint density at radius 1 is 1.19 bits per heavy atom. The van der Waals surface area contributed by atoms with Crippen LogP contribution in [0.3, 0.4) is 0 Å². The van der Waals surface area contributed by atoms with Gasteiger partial charge >= 0.3 is 6.18 Å². The summed E-state index contributed by atoms with van der Waals surface area (Å²) in [5, 5.41) is 3.76. The lowest BCUT2D eigenvalue weighted by molar-refractivity contribution is -0.162. The first-order chi connectivity index (χ1) is 12.9. The van der Waals surface area contributed by atoms with E-state index in [1.54, 1.807) is 30.5 Å². The van der Waals surface area contributed by atoms with Crippen LogP contribution in [-0.4, -0.2) is 38.7 Å². The molecule has 142 valence electrons. The van der Waals surface area contributed by atoms with E-state index in [1.165, 1.54) is 12.3 Å². The standard InChI is InChI=1S/C17H15F3N4O3/c18-17(19,20)11-24(10-12-4-3-9-26-12)15(25)7-6-14-22-16(23-27-14)13-5-1-2-8-21-13/h1-5,8-9H,6-7,10-11H2. The zero-order chi connectivity index (χ0) is 19.3. The van der Waals surface area contributed by atoms with Crippen LogP contribution >= 0.6 is 0 Å². The molecule has 10 heteroatoms. The fraction of sp³-hybridized carbons (Fsp3) is 0.294. The molecule has 3 rings (SSSR count). The molecule has 27 heavy (non-hydrogen) atoms. The topological polar surface area (TPSA) is 85.3 Å². The average Bonchev–Trinajstić information content (AvgIpc) is 3.30. The number of carbonyl (C=O) groups is 1. The van der Waals surface area contributed by atoms with Crippen molar-refractivity contribution in [1.29, 1.82) is 0 Å². The molecule has 0 aliphatic heterocycles. The van der Waals surface area contributed by atoms with Crippen molar-refractivity contribution in [3.8, 4) is 11.5 Å². The summed E-state index contributed by atoms with van der Waals surface area (Å²) in [6, 6.07) is 8.23. The number of pyridine rings is 1. The third kappa shape index (κ3) is 5.40. The molecule has 0 aromatic carbocycles. The fourth-order valence-electron chi connectivity index (χ4n) is 2.37. The highest BCUT2D eigenvalue weighted by molar-refractivity contribution is 5.76. The normalized spacial score (nSPS) is 11.5. The van der Waals surface area contributed by atoms with Gasteiger partial charge in [0.25, 0.3) is 0 Å². The summed E-state index contributed by atoms with van der Waals surface area (Å²) >= 11 is 0. The van der Waals surface area contributed by atoms with E-state index in [2.05, 4.69) is 15.1 Å². The lowest BCUT2D eigenvalue weighted by atomic mass is 10.2. The van der Waals surface area contributed by atoms with Crippen molar-refractivity contribution in [3.05, 3.63) is 54.4 Å². The van der Waals surface area contributed by atoms with E-state index in [4.69, 9.17) is 8.94 Å². The van der Waals surface area contributed by atoms with Crippen molar-refractivity contribution in [2.75, 3.05) is 6.54 Å². The van der Waals surface area contributed by atoms with Crippen LogP contribution in [0.15, 0.2) is 51.7 Å². The van der Waals surface area contributed by atoms with Gasteiger partial charge < -0.3 is 13.8 Å². The summed E-state index contributed by atoms with van der Waals surface area (Å²) < 4.78 is 48.4. The minimum absolute atomic E-state index is 0.0190. The molecule has 0 fully saturated rings. The van der Waals surface area contributed by atoms with Crippen LogP contribution in [0.25, 0.3) is 11.5 Å². The maximum atomic E-state index is 12.8. The van der Waals surface area contributed by atoms with Gasteiger partial charge in [0.2, 0.25) is 17.6 Å². The molecule has 0 aliphatic carbocycles. The van der Waals surface area contributed by atoms with Gasteiger partial charge in [-0.3, -0.25) is 9.78 Å². The number of alkyl halides is 3. The van der Waals surface area contributed by atoms with E-state index in [0.29, 0.717) is 10.6 Å². The first kappa shape index (κ1) is 18.6. The molecule has 0 spiro atoms. The number of amides is 1. The van der Waals surface area contributed by atoms with Crippen LogP contribution < -0.4 is 0 Å². The second-order valence-corrected chi connectivity index (χ2v) is 5.67. The Kier molecular flexibility index (Phi) is 5.53. The van der Waals surface area contributed by atoms with Crippen LogP contribution in [0.4, 0.5) is 13.2 Å². The molecule has 0 atom stereocenters. The summed E-state index contributed by atoms with van der Waals surface area (Å²) in [5.41, 5.74) is 0.496. The second kappa shape index (κ2) is 8.02. The van der Waals surface area contributed by atoms with E-state index >= 15 is 0 Å². The maximum absolute atomic E-state index is 12.8. The van der Waals surface area contributed by atoms with Gasteiger partial charge in [-0.1, -0.05) is 11.2 Å². The van der Waals surface area contributed by atoms with Gasteiger partial charge in [0.1, 0.15) is 18.0 Å². The number of hydrogen-bond acceptors (Lipinski definition) is 6. The highest BCUT2D eigenvalue weighted by atomic mass is 19.4. The molecule has 3 aromatic rings. The van der Waals surface area contributed by atoms with E-state index in [1.807, 2.05) is 0 Å². The van der Waals surface area contributed by atoms with Gasteiger partial charge in [-0.2, -0.15) is 18.2 Å². The number of rotatable bonds is 7. The van der Waals surface area contributed by atoms with Gasteiger partial charge in [-0.25, -0.2) is 0 Å². The summed E-state index contributed by atoms with van der Waals surface area (Å²) in [4.78, 5) is 21.2. The third-order valence-electron chi connectivity index (χ3n) is 3.56. The van der Waals surface area contributed by atoms with Crippen LogP contribution in [-0.2, 0) is 17.8 Å². The Balaban J connectivity index is 1.62. The highest BCUT2D eigenvalue weighted by Gasteiger charge is 2.33. The number of carbonyl (C=O) groups excluding carboxylic acids is 1. The third-order valence-corrected chi connectivity index (χ3v) is 3.56. The van der Waals surface area contributed by atoms with Gasteiger partial charge in [0.05, 0.1) is 12.8 Å². The minimum Gasteiger partial charge on any atom is -0.467 e. The molecule has 1 amide bonds. The van der Waals surface area contributed by atoms with Gasteiger partial charge in [-0.05, 0) is 24.3 Å². The Morgan fingerprint density at radius 2 is 2.04 bits per heavy atom. The monoisotopic (exact) mass is 380 g/mol. The molecule has 0 bridgehead atoms. The first-order valence-electron chi connectivity index (χ1n) is 8.01. The Bertz CT molecular complexity index is 863. The van der Waals surface area contributed by atoms with Crippen molar-refractivity contribution in [1.82, 2.24) is 20.0 Å². The highest BCUT2D eigenvalue weighted by Crippen LogP contribution is 2.20. The predicted molar refractivity (Wildman–Crippen MR) is 86.0 cm³/mol. The maximum Gasteiger partial charge on any atom is 0.406 e. The number of aryl methyl sites for hydroxylation is 1. The Hall–Kier alpha value is -3.17. The van der Waals surface area contributed by atoms with Crippen molar-refractivity contribution in [2.24, 2.45) is 0 Å². The molecule has 0 aliphatic rings. The molecule has 0 radical (unpaired) electrons. The van der Waals surface area contributed by atoms with E-state index in [9.17, 15) is 18.0 Å². The smallest absolute Gasteiger partial charge is 0.406 e. The van der Waals surface area contributed by atoms with Crippen molar-refractivity contribution in [3.63, 3.8) is 0 Å². The summed E-state index contributed by atoms with van der Waals surface area (Å²) in [6.45, 7) is -1.64. The molecular weight excluding hydrogens is 365 g/mol. The number of aromatic nitrogens is 3. The molecule has 0 unspecified atom stereocenters. The Morgan fingerprint density at radius 3 is 2.70 bits per heavy atom. The van der Waals surface area contributed by atoms with E-state index in [0.717, 1.165) is 0 Å². The van der Waals surface area contributed by atoms with Gasteiger partial charge in [0, 0.05) is 19.0 Å². The van der Waals surface area contributed by atoms with Crippen molar-refractivity contribution >= 4 is 5.91 Å². The molecule has 0 saturated heterocycles. The average molecular weight is 380 g/mol. The zero-order valence-corrected chi connectivity index (χ0v) is 14.0. The van der Waals surface area contributed by atoms with Gasteiger partial charge in [0.15, 0.2) is 0 Å². The number of hydrogen-bond donors (Lipinski definition) is 0. The quantitative estimate of drug-likeness (QED) is 0.626. The molecule has 0 saturated carbocycles. The summed E-state index contributed by atoms with van der Waals surface area (Å²) in [7, 11) is 0. The molecule has 7 nitrogen and oxygen atoms in total. The zero-order valence-electron chi connectivity index (χ0n) is 14.0. The first-order valence-corrected chi connectivity index (χ1v) is 8.01. The van der Waals surface area contributed by atoms with Crippen molar-refractivity contribution < 1.29 is 26.9 Å². The van der Waals surface area contributed by atoms with Gasteiger partial charge in [-0.15, -0.1) is 0 Å². The molecule has 0 N–H and O–H groups in total. The molecule has 3 heterocycles. The summed E-state index contributed by atoms with van der Waals surface area (Å²) in [6.07, 6.45) is -1.80. The number of nitrogens with zero attached hydrogens (tertiary/aromatic N) is 4. The van der Waals surface area contributed by atoms with E-state index < -0.39 is 18.6 Å². The number of furan rings is 1. The van der Waals surface area contributed by atoms with Crippen LogP contribution in [0, 0.1) is 0 Å². The summed E-state index contributed by atoms with van der Waals surface area (Å²) in [5.74, 6) is -0.0288. The lowest BCUT2D eigenvalue weighted by Crippen LogP contribution is -2.38. The SMILES string of the molecule is O=C(CCc1nc(-c2ccccn2)no1)N(Cc1ccco1)CC(F)(F)F. The van der Waals surface area contributed by atoms with Crippen LogP contribution in [0.2, 0.25) is 0 Å².